The van der Waals surface area contributed by atoms with Gasteiger partial charge in [0.1, 0.15) is 5.82 Å². The van der Waals surface area contributed by atoms with E-state index in [1.807, 2.05) is 0 Å². The fourth-order valence-corrected chi connectivity index (χ4v) is 2.50. The zero-order chi connectivity index (χ0) is 15.1. The van der Waals surface area contributed by atoms with Crippen LogP contribution in [0.2, 0.25) is 0 Å². The first-order valence-electron chi connectivity index (χ1n) is 7.47. The predicted molar refractivity (Wildman–Crippen MR) is 79.3 cm³/mol. The Hall–Kier alpha value is -1.46. The van der Waals surface area contributed by atoms with Crippen molar-refractivity contribution >= 4 is 5.91 Å². The third-order valence-corrected chi connectivity index (χ3v) is 3.96. The maximum Gasteiger partial charge on any atom is 0.234 e. The lowest BCUT2D eigenvalue weighted by molar-refractivity contribution is -0.120. The molecule has 1 aliphatic rings. The lowest BCUT2D eigenvalue weighted by Crippen LogP contribution is -2.42. The van der Waals surface area contributed by atoms with Gasteiger partial charge in [-0.3, -0.25) is 4.79 Å². The molecule has 1 aliphatic heterocycles. The Bertz CT molecular complexity index is 444. The minimum Gasteiger partial charge on any atom is -0.381 e. The maximum absolute atomic E-state index is 12.8. The van der Waals surface area contributed by atoms with Gasteiger partial charge in [0.25, 0.3) is 0 Å². The number of amides is 1. The molecule has 2 N–H and O–H groups in total. The number of halogens is 1. The van der Waals surface area contributed by atoms with Crippen LogP contribution in [-0.4, -0.2) is 31.7 Å². The van der Waals surface area contributed by atoms with E-state index in [4.69, 9.17) is 4.74 Å². The first kappa shape index (κ1) is 15.9. The largest absolute Gasteiger partial charge is 0.381 e. The van der Waals surface area contributed by atoms with E-state index in [-0.39, 0.29) is 11.7 Å². The van der Waals surface area contributed by atoms with Gasteiger partial charge in [0.2, 0.25) is 5.91 Å². The fourth-order valence-electron chi connectivity index (χ4n) is 2.50. The summed E-state index contributed by atoms with van der Waals surface area (Å²) in [4.78, 5) is 11.8. The second kappa shape index (κ2) is 8.10. The molecule has 5 heteroatoms. The fraction of sp³-hybridized carbons (Fsp3) is 0.562. The summed E-state index contributed by atoms with van der Waals surface area (Å²) < 4.78 is 18.1. The van der Waals surface area contributed by atoms with Gasteiger partial charge in [0, 0.05) is 25.8 Å². The van der Waals surface area contributed by atoms with E-state index in [1.165, 1.54) is 12.1 Å². The van der Waals surface area contributed by atoms with Crippen molar-refractivity contribution in [1.29, 1.82) is 0 Å². The highest BCUT2D eigenvalue weighted by Gasteiger charge is 2.20. The highest BCUT2D eigenvalue weighted by molar-refractivity contribution is 5.78. The molecule has 21 heavy (non-hydrogen) atoms. The van der Waals surface area contributed by atoms with Crippen LogP contribution in [0.3, 0.4) is 0 Å². The lowest BCUT2D eigenvalue weighted by Gasteiger charge is -2.28. The van der Waals surface area contributed by atoms with Gasteiger partial charge in [-0.2, -0.15) is 0 Å². The van der Waals surface area contributed by atoms with E-state index < -0.39 is 0 Å². The van der Waals surface area contributed by atoms with Crippen LogP contribution in [-0.2, 0) is 16.1 Å². The average Bonchev–Trinajstić information content (AvgIpc) is 2.53. The Labute approximate surface area is 125 Å². The topological polar surface area (TPSA) is 50.4 Å². The molecule has 1 amide bonds. The molecule has 1 fully saturated rings. The van der Waals surface area contributed by atoms with Crippen molar-refractivity contribution in [2.75, 3.05) is 19.8 Å². The van der Waals surface area contributed by atoms with Crippen molar-refractivity contribution < 1.29 is 13.9 Å². The van der Waals surface area contributed by atoms with Crippen molar-refractivity contribution in [2.45, 2.75) is 32.4 Å². The molecule has 1 saturated heterocycles. The zero-order valence-electron chi connectivity index (χ0n) is 12.4. The highest BCUT2D eigenvalue weighted by Crippen LogP contribution is 2.18. The molecule has 0 saturated carbocycles. The van der Waals surface area contributed by atoms with Crippen LogP contribution in [0.1, 0.15) is 25.3 Å². The van der Waals surface area contributed by atoms with E-state index >= 15 is 0 Å². The summed E-state index contributed by atoms with van der Waals surface area (Å²) in [6, 6.07) is 6.45. The standard InChI is InChI=1S/C16H23FN2O2/c1-12(14-6-8-21-9-7-14)18-11-16(20)19-10-13-2-4-15(17)5-3-13/h2-5,12,14,18H,6-11H2,1H3,(H,19,20)/t12-/m1/s1. The molecule has 0 bridgehead atoms. The molecule has 1 aromatic rings. The third-order valence-electron chi connectivity index (χ3n) is 3.96. The number of benzene rings is 1. The molecule has 0 aliphatic carbocycles. The number of carbonyl (C=O) groups excluding carboxylic acids is 1. The Kier molecular flexibility index (Phi) is 6.14. The van der Waals surface area contributed by atoms with Gasteiger partial charge in [-0.25, -0.2) is 4.39 Å². The molecule has 2 rings (SSSR count). The Morgan fingerprint density at radius 3 is 2.67 bits per heavy atom. The van der Waals surface area contributed by atoms with Crippen LogP contribution in [0, 0.1) is 11.7 Å². The van der Waals surface area contributed by atoms with Crippen molar-refractivity contribution in [3.05, 3.63) is 35.6 Å². The van der Waals surface area contributed by atoms with E-state index in [0.29, 0.717) is 25.0 Å². The van der Waals surface area contributed by atoms with Gasteiger partial charge in [-0.05, 0) is 43.4 Å². The van der Waals surface area contributed by atoms with Crippen LogP contribution >= 0.6 is 0 Å². The number of hydrogen-bond donors (Lipinski definition) is 2. The minimum atomic E-state index is -0.267. The zero-order valence-corrected chi connectivity index (χ0v) is 12.4. The molecule has 4 nitrogen and oxygen atoms in total. The van der Waals surface area contributed by atoms with Gasteiger partial charge in [-0.15, -0.1) is 0 Å². The molecule has 0 aromatic heterocycles. The first-order valence-corrected chi connectivity index (χ1v) is 7.47. The molecule has 0 unspecified atom stereocenters. The van der Waals surface area contributed by atoms with Gasteiger partial charge in [0.15, 0.2) is 0 Å². The van der Waals surface area contributed by atoms with Gasteiger partial charge in [-0.1, -0.05) is 12.1 Å². The summed E-state index contributed by atoms with van der Waals surface area (Å²) in [6.45, 7) is 4.47. The molecule has 1 heterocycles. The van der Waals surface area contributed by atoms with Crippen LogP contribution in [0.25, 0.3) is 0 Å². The number of carbonyl (C=O) groups is 1. The third kappa shape index (κ3) is 5.44. The van der Waals surface area contributed by atoms with Crippen LogP contribution < -0.4 is 10.6 Å². The Balaban J connectivity index is 1.66. The van der Waals surface area contributed by atoms with Gasteiger partial charge in [0.05, 0.1) is 6.54 Å². The Morgan fingerprint density at radius 2 is 2.00 bits per heavy atom. The number of rotatable bonds is 6. The quantitative estimate of drug-likeness (QED) is 0.842. The van der Waals surface area contributed by atoms with E-state index in [2.05, 4.69) is 17.6 Å². The molecule has 116 valence electrons. The predicted octanol–water partition coefficient (Wildman–Crippen LogP) is 1.85. The first-order chi connectivity index (χ1) is 10.1. The summed E-state index contributed by atoms with van der Waals surface area (Å²) in [7, 11) is 0. The van der Waals surface area contributed by atoms with Crippen molar-refractivity contribution in [3.63, 3.8) is 0 Å². The normalized spacial score (nSPS) is 17.4. The highest BCUT2D eigenvalue weighted by atomic mass is 19.1. The SMILES string of the molecule is C[C@@H](NCC(=O)NCc1ccc(F)cc1)C1CCOCC1. The summed E-state index contributed by atoms with van der Waals surface area (Å²) >= 11 is 0. The number of ether oxygens (including phenoxy) is 1. The summed E-state index contributed by atoms with van der Waals surface area (Å²) in [5, 5.41) is 6.10. The molecule has 1 aromatic carbocycles. The van der Waals surface area contributed by atoms with Crippen LogP contribution in [0.15, 0.2) is 24.3 Å². The second-order valence-corrected chi connectivity index (χ2v) is 5.52. The van der Waals surface area contributed by atoms with Gasteiger partial charge >= 0.3 is 0 Å². The van der Waals surface area contributed by atoms with E-state index in [9.17, 15) is 9.18 Å². The number of nitrogens with one attached hydrogen (secondary N) is 2. The van der Waals surface area contributed by atoms with E-state index in [1.54, 1.807) is 12.1 Å². The van der Waals surface area contributed by atoms with Crippen LogP contribution in [0.5, 0.6) is 0 Å². The van der Waals surface area contributed by atoms with Crippen molar-refractivity contribution in [3.8, 4) is 0 Å². The van der Waals surface area contributed by atoms with Crippen LogP contribution in [0.4, 0.5) is 4.39 Å². The smallest absolute Gasteiger partial charge is 0.234 e. The summed E-state index contributed by atoms with van der Waals surface area (Å²) in [5.41, 5.74) is 0.891. The molecule has 1 atom stereocenters. The Morgan fingerprint density at radius 1 is 1.33 bits per heavy atom. The molecule has 0 spiro atoms. The lowest BCUT2D eigenvalue weighted by atomic mass is 9.93. The minimum absolute atomic E-state index is 0.0433. The monoisotopic (exact) mass is 294 g/mol. The van der Waals surface area contributed by atoms with Gasteiger partial charge < -0.3 is 15.4 Å². The summed E-state index contributed by atoms with van der Waals surface area (Å²) in [5.74, 6) is 0.263. The molecular weight excluding hydrogens is 271 g/mol. The van der Waals surface area contributed by atoms with E-state index in [0.717, 1.165) is 31.6 Å². The maximum atomic E-state index is 12.8. The van der Waals surface area contributed by atoms with Crippen molar-refractivity contribution in [1.82, 2.24) is 10.6 Å². The molecule has 0 radical (unpaired) electrons. The number of hydrogen-bond acceptors (Lipinski definition) is 3. The summed E-state index contributed by atoms with van der Waals surface area (Å²) in [6.07, 6.45) is 2.09. The molecular formula is C16H23FN2O2. The average molecular weight is 294 g/mol. The van der Waals surface area contributed by atoms with Crippen molar-refractivity contribution in [2.24, 2.45) is 5.92 Å². The second-order valence-electron chi connectivity index (χ2n) is 5.52.